The number of carbonyl (C=O) groups excluding carboxylic acids is 1. The third-order valence-electron chi connectivity index (χ3n) is 2.55. The summed E-state index contributed by atoms with van der Waals surface area (Å²) in [5.74, 6) is 0.320. The molecule has 0 saturated carbocycles. The fraction of sp³-hybridized carbons (Fsp3) is 0.556. The van der Waals surface area contributed by atoms with Crippen LogP contribution in [0.25, 0.3) is 0 Å². The van der Waals surface area contributed by atoms with E-state index in [-0.39, 0.29) is 11.7 Å². The van der Waals surface area contributed by atoms with Crippen LogP contribution in [0.1, 0.15) is 23.8 Å². The van der Waals surface area contributed by atoms with Gasteiger partial charge in [-0.05, 0) is 37.5 Å². The summed E-state index contributed by atoms with van der Waals surface area (Å²) >= 11 is 1.34. The van der Waals surface area contributed by atoms with Crippen LogP contribution in [-0.4, -0.2) is 22.7 Å². The third-order valence-corrected chi connectivity index (χ3v) is 3.11. The highest BCUT2D eigenvalue weighted by molar-refractivity contribution is 7.03. The number of hydrogen-bond acceptors (Lipinski definition) is 4. The van der Waals surface area contributed by atoms with Crippen LogP contribution in [0.15, 0.2) is 11.4 Å². The number of Topliss-reactive ketones (excluding diaryl/α,β-unsaturated/α-hetero) is 1. The zero-order valence-corrected chi connectivity index (χ0v) is 8.30. The van der Waals surface area contributed by atoms with E-state index in [4.69, 9.17) is 0 Å². The molecule has 3 nitrogen and oxygen atoms in total. The number of aromatic nitrogens is 1. The molecule has 0 spiro atoms. The quantitative estimate of drug-likeness (QED) is 0.725. The Kier molecular flexibility index (Phi) is 2.42. The third kappa shape index (κ3) is 1.64. The number of hydrogen-bond donors (Lipinski definition) is 1. The van der Waals surface area contributed by atoms with Gasteiger partial charge in [0.15, 0.2) is 5.78 Å². The summed E-state index contributed by atoms with van der Waals surface area (Å²) in [5, 5.41) is 5.11. The van der Waals surface area contributed by atoms with Crippen molar-refractivity contribution in [1.82, 2.24) is 9.69 Å². The number of ketones is 1. The van der Waals surface area contributed by atoms with Crippen LogP contribution >= 0.6 is 11.5 Å². The molecule has 0 bridgehead atoms. The maximum Gasteiger partial charge on any atom is 0.186 e. The van der Waals surface area contributed by atoms with Crippen molar-refractivity contribution in [1.29, 1.82) is 0 Å². The smallest absolute Gasteiger partial charge is 0.186 e. The van der Waals surface area contributed by atoms with E-state index in [2.05, 4.69) is 16.6 Å². The molecule has 1 aliphatic heterocycles. The molecular weight excluding hydrogens is 184 g/mol. The second kappa shape index (κ2) is 3.55. The molecule has 4 heteroatoms. The molecule has 2 heterocycles. The van der Waals surface area contributed by atoms with Crippen molar-refractivity contribution in [3.05, 3.63) is 17.1 Å². The molecule has 0 radical (unpaired) electrons. The first-order valence-corrected chi connectivity index (χ1v) is 5.30. The first-order chi connectivity index (χ1) is 6.29. The average molecular weight is 196 g/mol. The summed E-state index contributed by atoms with van der Waals surface area (Å²) in [6.07, 6.45) is 0.942. The molecule has 1 fully saturated rings. The number of nitrogens with zero attached hydrogens (tertiary/aromatic N) is 1. The van der Waals surface area contributed by atoms with Gasteiger partial charge in [0.05, 0.1) is 0 Å². The summed E-state index contributed by atoms with van der Waals surface area (Å²) in [7, 11) is 0. The van der Waals surface area contributed by atoms with E-state index in [0.717, 1.165) is 13.0 Å². The minimum absolute atomic E-state index is 0.127. The van der Waals surface area contributed by atoms with Gasteiger partial charge >= 0.3 is 0 Å². The molecule has 1 aromatic rings. The minimum Gasteiger partial charge on any atom is -0.313 e. The minimum atomic E-state index is 0.127. The summed E-state index contributed by atoms with van der Waals surface area (Å²) in [5.41, 5.74) is 0.630. The predicted octanol–water partition coefficient (Wildman–Crippen LogP) is 1.32. The first kappa shape index (κ1) is 8.84. The van der Waals surface area contributed by atoms with E-state index < -0.39 is 0 Å². The van der Waals surface area contributed by atoms with Crippen LogP contribution in [0.3, 0.4) is 0 Å². The summed E-state index contributed by atoms with van der Waals surface area (Å²) in [6, 6.07) is 2.10. The zero-order valence-electron chi connectivity index (χ0n) is 7.49. The van der Waals surface area contributed by atoms with Crippen LogP contribution < -0.4 is 5.32 Å². The Morgan fingerprint density at radius 2 is 2.62 bits per heavy atom. The van der Waals surface area contributed by atoms with Crippen LogP contribution in [0, 0.1) is 5.92 Å². The van der Waals surface area contributed by atoms with Crippen LogP contribution in [0.5, 0.6) is 0 Å². The molecule has 70 valence electrons. The fourth-order valence-electron chi connectivity index (χ4n) is 1.75. The standard InChI is InChI=1S/C9H12N2OS/c1-6-7(2-4-10-6)9(12)8-3-5-13-11-8/h3,5-7,10H,2,4H2,1H3. The second-order valence-electron chi connectivity index (χ2n) is 3.39. The van der Waals surface area contributed by atoms with Crippen molar-refractivity contribution in [2.45, 2.75) is 19.4 Å². The van der Waals surface area contributed by atoms with Crippen LogP contribution in [0.4, 0.5) is 0 Å². The predicted molar refractivity (Wildman–Crippen MR) is 52.0 cm³/mol. The SMILES string of the molecule is CC1NCCC1C(=O)c1ccsn1. The Balaban J connectivity index is 2.13. The van der Waals surface area contributed by atoms with Crippen LogP contribution in [-0.2, 0) is 0 Å². The number of rotatable bonds is 2. The highest BCUT2D eigenvalue weighted by Crippen LogP contribution is 2.20. The lowest BCUT2D eigenvalue weighted by molar-refractivity contribution is 0.0910. The molecule has 1 aliphatic rings. The molecule has 13 heavy (non-hydrogen) atoms. The van der Waals surface area contributed by atoms with Gasteiger partial charge in [-0.15, -0.1) is 0 Å². The monoisotopic (exact) mass is 196 g/mol. The number of nitrogens with one attached hydrogen (secondary N) is 1. The van der Waals surface area contributed by atoms with Crippen molar-refractivity contribution in [2.24, 2.45) is 5.92 Å². The number of carbonyl (C=O) groups is 1. The Morgan fingerprint density at radius 1 is 1.77 bits per heavy atom. The van der Waals surface area contributed by atoms with Crippen molar-refractivity contribution in [3.63, 3.8) is 0 Å². The van der Waals surface area contributed by atoms with Gasteiger partial charge in [0.25, 0.3) is 0 Å². The molecule has 0 aromatic carbocycles. The van der Waals surface area contributed by atoms with E-state index in [0.29, 0.717) is 11.7 Å². The van der Waals surface area contributed by atoms with Gasteiger partial charge in [0.1, 0.15) is 5.69 Å². The van der Waals surface area contributed by atoms with Crippen LogP contribution in [0.2, 0.25) is 0 Å². The van der Waals surface area contributed by atoms with Crippen molar-refractivity contribution < 1.29 is 4.79 Å². The highest BCUT2D eigenvalue weighted by Gasteiger charge is 2.30. The topological polar surface area (TPSA) is 42.0 Å². The van der Waals surface area contributed by atoms with Gasteiger partial charge in [0.2, 0.25) is 0 Å². The van der Waals surface area contributed by atoms with Crippen molar-refractivity contribution in [3.8, 4) is 0 Å². The molecule has 2 rings (SSSR count). The largest absolute Gasteiger partial charge is 0.313 e. The highest BCUT2D eigenvalue weighted by atomic mass is 32.1. The maximum absolute atomic E-state index is 11.8. The summed E-state index contributed by atoms with van der Waals surface area (Å²) in [4.78, 5) is 11.8. The van der Waals surface area contributed by atoms with E-state index in [1.54, 1.807) is 6.07 Å². The fourth-order valence-corrected chi connectivity index (χ4v) is 2.26. The van der Waals surface area contributed by atoms with Gasteiger partial charge < -0.3 is 5.32 Å². The molecule has 2 atom stereocenters. The molecule has 0 amide bonds. The van der Waals surface area contributed by atoms with Gasteiger partial charge in [-0.25, -0.2) is 0 Å². The van der Waals surface area contributed by atoms with Gasteiger partial charge in [0, 0.05) is 17.3 Å². The lowest BCUT2D eigenvalue weighted by Gasteiger charge is -2.11. The lowest BCUT2D eigenvalue weighted by Crippen LogP contribution is -2.28. The normalized spacial score (nSPS) is 27.8. The lowest BCUT2D eigenvalue weighted by atomic mass is 9.95. The molecule has 1 aromatic heterocycles. The van der Waals surface area contributed by atoms with Gasteiger partial charge in [-0.3, -0.25) is 4.79 Å². The molecule has 1 saturated heterocycles. The Labute approximate surface area is 81.3 Å². The molecule has 0 aliphatic carbocycles. The summed E-state index contributed by atoms with van der Waals surface area (Å²) in [6.45, 7) is 3.00. The van der Waals surface area contributed by atoms with E-state index in [1.807, 2.05) is 5.38 Å². The zero-order chi connectivity index (χ0) is 9.26. The summed E-state index contributed by atoms with van der Waals surface area (Å²) < 4.78 is 4.06. The van der Waals surface area contributed by atoms with Crippen molar-refractivity contribution >= 4 is 17.3 Å². The Bertz CT molecular complexity index is 297. The maximum atomic E-state index is 11.8. The second-order valence-corrected chi connectivity index (χ2v) is 4.05. The molecular formula is C9H12N2OS. The Hall–Kier alpha value is -0.740. The van der Waals surface area contributed by atoms with E-state index in [9.17, 15) is 4.79 Å². The van der Waals surface area contributed by atoms with E-state index in [1.165, 1.54) is 11.5 Å². The van der Waals surface area contributed by atoms with Crippen molar-refractivity contribution in [2.75, 3.05) is 6.54 Å². The average Bonchev–Trinajstić information content (AvgIpc) is 2.72. The molecule has 2 unspecified atom stereocenters. The first-order valence-electron chi connectivity index (χ1n) is 4.47. The van der Waals surface area contributed by atoms with E-state index >= 15 is 0 Å². The Morgan fingerprint density at radius 3 is 3.15 bits per heavy atom. The molecule has 1 N–H and O–H groups in total. The van der Waals surface area contributed by atoms with Gasteiger partial charge in [-0.2, -0.15) is 4.37 Å². The van der Waals surface area contributed by atoms with Gasteiger partial charge in [-0.1, -0.05) is 0 Å².